The van der Waals surface area contributed by atoms with Gasteiger partial charge in [0.1, 0.15) is 5.54 Å². The maximum absolute atomic E-state index is 13.7. The molecule has 2 N–H and O–H groups in total. The Labute approximate surface area is 315 Å². The number of amides is 1. The Kier molecular flexibility index (Phi) is 10.1. The first-order valence-electron chi connectivity index (χ1n) is 18.1. The average molecular weight is 752 g/mol. The summed E-state index contributed by atoms with van der Waals surface area (Å²) in [6.07, 6.45) is 0.350. The molecule has 0 spiro atoms. The monoisotopic (exact) mass is 751 g/mol. The van der Waals surface area contributed by atoms with Gasteiger partial charge in [0.05, 0.1) is 41.3 Å². The maximum Gasteiger partial charge on any atom is 0.417 e. The number of halogens is 3. The number of nitrogens with zero attached hydrogens (tertiary/aromatic N) is 7. The van der Waals surface area contributed by atoms with Crippen LogP contribution in [0.5, 0.6) is 0 Å². The summed E-state index contributed by atoms with van der Waals surface area (Å²) in [6.45, 7) is 9.00. The lowest BCUT2D eigenvalue weighted by atomic mass is 10.0. The number of carbonyl (C=O) groups is 1. The molecule has 0 bridgehead atoms. The lowest BCUT2D eigenvalue weighted by Gasteiger charge is -2.36. The fourth-order valence-corrected chi connectivity index (χ4v) is 7.21. The average Bonchev–Trinajstić information content (AvgIpc) is 3.41. The lowest BCUT2D eigenvalue weighted by molar-refractivity contribution is -0.137. The third kappa shape index (κ3) is 7.76. The fraction of sp³-hybridized carbons (Fsp3) is 0.325. The van der Waals surface area contributed by atoms with E-state index in [2.05, 4.69) is 25.1 Å². The van der Waals surface area contributed by atoms with Crippen LogP contribution < -0.4 is 31.3 Å². The number of piperazine rings is 1. The van der Waals surface area contributed by atoms with Gasteiger partial charge in [-0.25, -0.2) is 4.79 Å². The number of benzene rings is 3. The van der Waals surface area contributed by atoms with Crippen LogP contribution in [-0.4, -0.2) is 76.8 Å². The zero-order valence-electron chi connectivity index (χ0n) is 30.4. The minimum Gasteiger partial charge on any atom is -0.385 e. The highest BCUT2D eigenvalue weighted by atomic mass is 19.4. The van der Waals surface area contributed by atoms with Gasteiger partial charge in [-0.3, -0.25) is 33.9 Å². The number of pyridine rings is 1. The Hall–Kier alpha value is -6.14. The van der Waals surface area contributed by atoms with E-state index in [1.165, 1.54) is 27.8 Å². The van der Waals surface area contributed by atoms with Gasteiger partial charge in [-0.05, 0) is 100.0 Å². The molecule has 1 amide bonds. The molecule has 4 heterocycles. The number of anilines is 4. The second-order valence-electron chi connectivity index (χ2n) is 14.3. The van der Waals surface area contributed by atoms with E-state index in [4.69, 9.17) is 0 Å². The van der Waals surface area contributed by atoms with Crippen molar-refractivity contribution in [2.24, 2.45) is 0 Å². The molecule has 2 fully saturated rings. The number of aromatic nitrogens is 3. The molecule has 5 aromatic rings. The molecule has 0 unspecified atom stereocenters. The van der Waals surface area contributed by atoms with Gasteiger partial charge in [-0.2, -0.15) is 18.4 Å². The summed E-state index contributed by atoms with van der Waals surface area (Å²) >= 11 is 0. The second kappa shape index (κ2) is 14.9. The summed E-state index contributed by atoms with van der Waals surface area (Å²) in [5, 5.41) is 13.5. The quantitative estimate of drug-likeness (QED) is 0.176. The molecule has 284 valence electrons. The maximum atomic E-state index is 13.7. The molecule has 7 rings (SSSR count). The van der Waals surface area contributed by atoms with Crippen molar-refractivity contribution in [2.75, 3.05) is 66.0 Å². The van der Waals surface area contributed by atoms with Crippen LogP contribution in [-0.2, 0) is 11.0 Å². The number of alkyl halides is 3. The van der Waals surface area contributed by atoms with E-state index in [0.29, 0.717) is 5.69 Å². The highest BCUT2D eigenvalue weighted by molar-refractivity contribution is 6.05. The molecule has 55 heavy (non-hydrogen) atoms. The first-order chi connectivity index (χ1) is 26.3. The van der Waals surface area contributed by atoms with Gasteiger partial charge < -0.3 is 15.1 Å². The van der Waals surface area contributed by atoms with Crippen molar-refractivity contribution in [3.63, 3.8) is 0 Å². The molecule has 12 nitrogen and oxygen atoms in total. The summed E-state index contributed by atoms with van der Waals surface area (Å²) in [4.78, 5) is 51.9. The van der Waals surface area contributed by atoms with Crippen molar-refractivity contribution in [2.45, 2.75) is 38.4 Å². The van der Waals surface area contributed by atoms with Crippen LogP contribution in [0.3, 0.4) is 0 Å². The van der Waals surface area contributed by atoms with E-state index in [-0.39, 0.29) is 18.3 Å². The van der Waals surface area contributed by atoms with Gasteiger partial charge in [0.25, 0.3) is 11.5 Å². The van der Waals surface area contributed by atoms with Gasteiger partial charge >= 0.3 is 11.9 Å². The SMILES string of the molecule is CC1(C)C(=O)N(c2ccc(C#N)c(C(F)(F)F)c2)CN1c1ccc(N2CCN(CCCCNc3ccc4ncc(-n5ccc(=O)[nH]c5=O)cc4c3)CC2)cc1. The number of unbranched alkanes of at least 4 members (excludes halogenated alkanes) is 1. The number of carbonyl (C=O) groups excluding carboxylic acids is 1. The number of nitriles is 1. The van der Waals surface area contributed by atoms with Gasteiger partial charge in [-0.1, -0.05) is 0 Å². The smallest absolute Gasteiger partial charge is 0.385 e. The van der Waals surface area contributed by atoms with Crippen molar-refractivity contribution >= 4 is 39.6 Å². The normalized spacial score (nSPS) is 16.1. The zero-order valence-corrected chi connectivity index (χ0v) is 30.4. The summed E-state index contributed by atoms with van der Waals surface area (Å²) in [7, 11) is 0. The Morgan fingerprint density at radius 3 is 2.31 bits per heavy atom. The Morgan fingerprint density at radius 2 is 1.60 bits per heavy atom. The minimum atomic E-state index is -4.72. The summed E-state index contributed by atoms with van der Waals surface area (Å²) in [6, 6.07) is 22.0. The third-order valence-electron chi connectivity index (χ3n) is 10.4. The molecule has 0 atom stereocenters. The first-order valence-corrected chi connectivity index (χ1v) is 18.1. The van der Waals surface area contributed by atoms with Crippen LogP contribution in [0.4, 0.5) is 35.9 Å². The van der Waals surface area contributed by atoms with E-state index >= 15 is 0 Å². The minimum absolute atomic E-state index is 0.0755. The van der Waals surface area contributed by atoms with Crippen molar-refractivity contribution in [1.29, 1.82) is 5.26 Å². The van der Waals surface area contributed by atoms with Crippen LogP contribution in [0.2, 0.25) is 0 Å². The standard InChI is InChI=1S/C40H40F3N9O3/c1-39(2)37(54)51(32-7-5-27(24-44)34(23-32)40(41,42)43)26-52(39)31-10-8-30(9-11-31)49-19-17-48(18-20-49)15-4-3-14-45-29-6-12-35-28(21-29)22-33(25-46-35)50-16-13-36(53)47-38(50)55/h5-13,16,21-23,25,45H,3-4,14-15,17-20,26H2,1-2H3,(H,47,53,55). The number of hydrogen-bond donors (Lipinski definition) is 2. The van der Waals surface area contributed by atoms with Crippen molar-refractivity contribution in [3.8, 4) is 11.8 Å². The molecule has 0 radical (unpaired) electrons. The Morgan fingerprint density at radius 1 is 0.873 bits per heavy atom. The Bertz CT molecular complexity index is 2380. The van der Waals surface area contributed by atoms with E-state index in [0.717, 1.165) is 92.2 Å². The number of H-pyrrole nitrogens is 1. The van der Waals surface area contributed by atoms with Gasteiger partial charge in [0.2, 0.25) is 0 Å². The molecule has 2 saturated heterocycles. The van der Waals surface area contributed by atoms with Gasteiger partial charge in [-0.15, -0.1) is 0 Å². The van der Waals surface area contributed by atoms with E-state index in [1.54, 1.807) is 26.1 Å². The third-order valence-corrected chi connectivity index (χ3v) is 10.4. The number of aromatic amines is 1. The predicted octanol–water partition coefficient (Wildman–Crippen LogP) is 5.57. The predicted molar refractivity (Wildman–Crippen MR) is 206 cm³/mol. The van der Waals surface area contributed by atoms with Crippen LogP contribution >= 0.6 is 0 Å². The van der Waals surface area contributed by atoms with Crippen molar-refractivity contribution < 1.29 is 18.0 Å². The lowest BCUT2D eigenvalue weighted by Crippen LogP contribution is -2.46. The second-order valence-corrected chi connectivity index (χ2v) is 14.3. The number of rotatable bonds is 10. The summed E-state index contributed by atoms with van der Waals surface area (Å²) < 4.78 is 42.3. The van der Waals surface area contributed by atoms with Gasteiger partial charge in [0, 0.05) is 73.1 Å². The molecular weight excluding hydrogens is 711 g/mol. The number of nitrogens with one attached hydrogen (secondary N) is 2. The number of hydrogen-bond acceptors (Lipinski definition) is 9. The summed E-state index contributed by atoms with van der Waals surface area (Å²) in [5.41, 5.74) is 0.769. The molecule has 2 aliphatic rings. The van der Waals surface area contributed by atoms with Crippen LogP contribution in [0.15, 0.2) is 94.8 Å². The van der Waals surface area contributed by atoms with Gasteiger partial charge in [0.15, 0.2) is 0 Å². The van der Waals surface area contributed by atoms with Crippen LogP contribution in [0, 0.1) is 11.3 Å². The summed E-state index contributed by atoms with van der Waals surface area (Å²) in [5.74, 6) is -0.328. The van der Waals surface area contributed by atoms with E-state index in [1.807, 2.05) is 53.4 Å². The molecule has 2 aromatic heterocycles. The molecule has 0 saturated carbocycles. The van der Waals surface area contributed by atoms with Crippen LogP contribution in [0.1, 0.15) is 37.8 Å². The van der Waals surface area contributed by atoms with E-state index in [9.17, 15) is 32.8 Å². The molecule has 2 aliphatic heterocycles. The first kappa shape index (κ1) is 37.2. The van der Waals surface area contributed by atoms with Crippen LogP contribution in [0.25, 0.3) is 16.6 Å². The van der Waals surface area contributed by atoms with Crippen molar-refractivity contribution in [1.82, 2.24) is 19.4 Å². The molecular formula is C40H40F3N9O3. The number of fused-ring (bicyclic) bond motifs is 1. The van der Waals surface area contributed by atoms with E-state index < -0.39 is 34.1 Å². The highest BCUT2D eigenvalue weighted by Crippen LogP contribution is 2.39. The zero-order chi connectivity index (χ0) is 38.9. The molecule has 3 aromatic carbocycles. The highest BCUT2D eigenvalue weighted by Gasteiger charge is 2.46. The Balaban J connectivity index is 0.883. The molecule has 0 aliphatic carbocycles. The fourth-order valence-electron chi connectivity index (χ4n) is 7.21. The topological polar surface area (TPSA) is 134 Å². The van der Waals surface area contributed by atoms with Crippen molar-refractivity contribution in [3.05, 3.63) is 117 Å². The molecule has 15 heteroatoms. The largest absolute Gasteiger partial charge is 0.417 e.